The van der Waals surface area contributed by atoms with Crippen molar-refractivity contribution in [3.63, 3.8) is 0 Å². The van der Waals surface area contributed by atoms with Crippen molar-refractivity contribution in [2.45, 2.75) is 119 Å². The Kier molecular flexibility index (Phi) is 11.8. The molecule has 0 unspecified atom stereocenters. The number of benzene rings is 2. The molecular weight excluding hydrogens is 552 g/mol. The average Bonchev–Trinajstić information content (AvgIpc) is 2.84. The molecule has 0 aliphatic rings. The molecule has 0 spiro atoms. The van der Waals surface area contributed by atoms with Crippen LogP contribution in [-0.2, 0) is 31.2 Å². The Morgan fingerprint density at radius 3 is 1.16 bits per heavy atom. The molecule has 0 heterocycles. The number of carbonyl (C=O) groups excluding carboxylic acids is 2. The van der Waals surface area contributed by atoms with Gasteiger partial charge in [-0.3, -0.25) is 9.59 Å². The van der Waals surface area contributed by atoms with Crippen molar-refractivity contribution >= 4 is 34.1 Å². The van der Waals surface area contributed by atoms with E-state index in [2.05, 4.69) is 107 Å². The minimum absolute atomic E-state index is 0.0790. The number of ether oxygens (including phenoxy) is 2. The smallest absolute Gasteiger partial charge is 0.219 e. The fraction of sp³-hybridized carbons (Fsp3) is 0.526. The summed E-state index contributed by atoms with van der Waals surface area (Å²) in [4.78, 5) is 25.9. The lowest BCUT2D eigenvalue weighted by molar-refractivity contribution is -0.108. The van der Waals surface area contributed by atoms with Crippen LogP contribution >= 0.6 is 11.8 Å². The molecule has 0 bridgehead atoms. The van der Waals surface area contributed by atoms with Crippen molar-refractivity contribution in [1.82, 2.24) is 0 Å². The van der Waals surface area contributed by atoms with Crippen LogP contribution < -0.4 is 9.47 Å². The lowest BCUT2D eigenvalue weighted by atomic mass is 9.79. The lowest BCUT2D eigenvalue weighted by Crippen LogP contribution is -2.18. The quantitative estimate of drug-likeness (QED) is 0.280. The van der Waals surface area contributed by atoms with Gasteiger partial charge in [0.15, 0.2) is 0 Å². The fourth-order valence-electron chi connectivity index (χ4n) is 4.62. The number of hydrogen-bond donors (Lipinski definition) is 0. The molecule has 43 heavy (non-hydrogen) atoms. The van der Waals surface area contributed by atoms with Gasteiger partial charge in [0.05, 0.1) is 13.2 Å². The molecule has 4 nitrogen and oxygen atoms in total. The normalized spacial score (nSPS) is 13.2. The van der Waals surface area contributed by atoms with Gasteiger partial charge in [-0.05, 0) is 94.8 Å². The Hall–Kier alpha value is -2.79. The summed E-state index contributed by atoms with van der Waals surface area (Å²) in [5.41, 5.74) is 5.74. The summed E-state index contributed by atoms with van der Waals surface area (Å²) in [7, 11) is 0. The van der Waals surface area contributed by atoms with Gasteiger partial charge in [-0.15, -0.1) is 0 Å². The molecule has 0 atom stereocenters. The summed E-state index contributed by atoms with van der Waals surface area (Å²) in [6.45, 7) is 31.0. The predicted octanol–water partition coefficient (Wildman–Crippen LogP) is 10.2. The van der Waals surface area contributed by atoms with Crippen LogP contribution in [0, 0.1) is 0 Å². The van der Waals surface area contributed by atoms with Crippen LogP contribution in [0.15, 0.2) is 36.4 Å². The topological polar surface area (TPSA) is 52.6 Å². The van der Waals surface area contributed by atoms with Gasteiger partial charge in [-0.25, -0.2) is 0 Å². The third-order valence-corrected chi connectivity index (χ3v) is 7.83. The first kappa shape index (κ1) is 36.4. The van der Waals surface area contributed by atoms with Crippen LogP contribution in [0.5, 0.6) is 11.5 Å². The number of rotatable bonds is 8. The Labute approximate surface area is 265 Å². The number of thioether (sulfide) groups is 1. The van der Waals surface area contributed by atoms with Gasteiger partial charge < -0.3 is 9.47 Å². The first-order valence-electron chi connectivity index (χ1n) is 15.3. The minimum atomic E-state index is -0.334. The maximum Gasteiger partial charge on any atom is 0.219 e. The number of carbonyl (C=O) groups is 2. The van der Waals surface area contributed by atoms with E-state index in [0.29, 0.717) is 25.0 Å². The van der Waals surface area contributed by atoms with Gasteiger partial charge >= 0.3 is 0 Å². The van der Waals surface area contributed by atoms with Crippen LogP contribution in [0.1, 0.15) is 130 Å². The Bertz CT molecular complexity index is 1260. The standard InChI is InChI=1S/C38H54O4S/c1-15-41-33-25(21-27(35(3,4)5)23-29(33)37(9,10)11)17-19-31(39)43-32(40)20-18-26-22-28(36(6,7)8)24-30(38(12,13)14)34(26)42-16-2/h17-24H,15-16H2,1-14H3/b19-17+,20-18+. The van der Waals surface area contributed by atoms with E-state index in [-0.39, 0.29) is 31.9 Å². The van der Waals surface area contributed by atoms with E-state index in [9.17, 15) is 9.59 Å². The van der Waals surface area contributed by atoms with E-state index in [0.717, 1.165) is 44.9 Å². The summed E-state index contributed by atoms with van der Waals surface area (Å²) in [6, 6.07) is 8.59. The fourth-order valence-corrected chi connectivity index (χ4v) is 5.09. The molecule has 5 heteroatoms. The van der Waals surface area contributed by atoms with Crippen LogP contribution in [0.25, 0.3) is 12.2 Å². The SMILES string of the molecule is CCOc1c(/C=C/C(=O)SC(=O)/C=C/c2cc(C(C)(C)C)cc(C(C)(C)C)c2OCC)cc(C(C)(C)C)cc1C(C)(C)C. The second kappa shape index (κ2) is 13.9. The molecule has 0 radical (unpaired) electrons. The molecule has 0 aliphatic carbocycles. The monoisotopic (exact) mass is 606 g/mol. The third-order valence-electron chi connectivity index (χ3n) is 7.16. The maximum absolute atomic E-state index is 13.0. The molecular formula is C38H54O4S. The molecule has 0 aliphatic heterocycles. The molecule has 0 amide bonds. The molecule has 236 valence electrons. The zero-order valence-electron chi connectivity index (χ0n) is 29.1. The minimum Gasteiger partial charge on any atom is -0.493 e. The van der Waals surface area contributed by atoms with Gasteiger partial charge in [0, 0.05) is 22.3 Å². The summed E-state index contributed by atoms with van der Waals surface area (Å²) in [5.74, 6) is 1.56. The van der Waals surface area contributed by atoms with Crippen molar-refractivity contribution in [2.75, 3.05) is 13.2 Å². The summed E-state index contributed by atoms with van der Waals surface area (Å²) < 4.78 is 12.2. The van der Waals surface area contributed by atoms with E-state index in [1.165, 1.54) is 12.2 Å². The van der Waals surface area contributed by atoms with E-state index in [1.54, 1.807) is 12.2 Å². The number of hydrogen-bond acceptors (Lipinski definition) is 5. The van der Waals surface area contributed by atoms with Gasteiger partial charge in [0.25, 0.3) is 0 Å². The van der Waals surface area contributed by atoms with E-state index >= 15 is 0 Å². The molecule has 0 aromatic heterocycles. The molecule has 2 aromatic carbocycles. The first-order chi connectivity index (χ1) is 19.6. The highest BCUT2D eigenvalue weighted by atomic mass is 32.2. The third kappa shape index (κ3) is 10.1. The molecule has 2 rings (SSSR count). The lowest BCUT2D eigenvalue weighted by Gasteiger charge is -2.28. The summed E-state index contributed by atoms with van der Waals surface area (Å²) >= 11 is 0.682. The Morgan fingerprint density at radius 1 is 0.581 bits per heavy atom. The van der Waals surface area contributed by atoms with Crippen molar-refractivity contribution in [1.29, 1.82) is 0 Å². The highest BCUT2D eigenvalue weighted by Gasteiger charge is 2.27. The average molecular weight is 607 g/mol. The highest BCUT2D eigenvalue weighted by Crippen LogP contribution is 2.40. The second-order valence-electron chi connectivity index (χ2n) is 15.2. The molecule has 0 fully saturated rings. The highest BCUT2D eigenvalue weighted by molar-refractivity contribution is 8.26. The predicted molar refractivity (Wildman–Crippen MR) is 186 cm³/mol. The molecule has 0 saturated carbocycles. The van der Waals surface area contributed by atoms with Crippen LogP contribution in [-0.4, -0.2) is 23.4 Å². The summed E-state index contributed by atoms with van der Waals surface area (Å²) in [5, 5.41) is -0.668. The van der Waals surface area contributed by atoms with Gasteiger partial charge in [0.2, 0.25) is 10.2 Å². The zero-order valence-corrected chi connectivity index (χ0v) is 29.9. The largest absolute Gasteiger partial charge is 0.493 e. The van der Waals surface area contributed by atoms with Crippen LogP contribution in [0.2, 0.25) is 0 Å². The first-order valence-corrected chi connectivity index (χ1v) is 16.2. The van der Waals surface area contributed by atoms with Gasteiger partial charge in [0.1, 0.15) is 11.5 Å². The molecule has 0 saturated heterocycles. The van der Waals surface area contributed by atoms with Crippen molar-refractivity contribution < 1.29 is 19.1 Å². The van der Waals surface area contributed by atoms with Crippen molar-refractivity contribution in [3.05, 3.63) is 69.8 Å². The Balaban J connectivity index is 2.44. The zero-order chi connectivity index (χ0) is 33.0. The van der Waals surface area contributed by atoms with E-state index in [4.69, 9.17) is 9.47 Å². The second-order valence-corrected chi connectivity index (χ2v) is 16.2. The van der Waals surface area contributed by atoms with Crippen molar-refractivity contribution in [3.8, 4) is 11.5 Å². The summed E-state index contributed by atoms with van der Waals surface area (Å²) in [6.07, 6.45) is 6.49. The van der Waals surface area contributed by atoms with E-state index in [1.807, 2.05) is 13.8 Å². The van der Waals surface area contributed by atoms with Gasteiger partial charge in [-0.1, -0.05) is 95.2 Å². The molecule has 0 N–H and O–H groups in total. The maximum atomic E-state index is 13.0. The van der Waals surface area contributed by atoms with Crippen LogP contribution in [0.3, 0.4) is 0 Å². The Morgan fingerprint density at radius 2 is 0.907 bits per heavy atom. The molecule has 2 aromatic rings. The van der Waals surface area contributed by atoms with Crippen molar-refractivity contribution in [2.24, 2.45) is 0 Å². The van der Waals surface area contributed by atoms with E-state index < -0.39 is 0 Å². The van der Waals surface area contributed by atoms with Gasteiger partial charge in [-0.2, -0.15) is 0 Å². The van der Waals surface area contributed by atoms with Crippen LogP contribution in [0.4, 0.5) is 0 Å².